The number of esters is 1. The lowest BCUT2D eigenvalue weighted by Crippen LogP contribution is -2.15. The van der Waals surface area contributed by atoms with Crippen LogP contribution in [0.2, 0.25) is 0 Å². The molecule has 5 N–H and O–H groups in total. The van der Waals surface area contributed by atoms with Crippen LogP contribution in [-0.2, 0) is 11.3 Å². The minimum Gasteiger partial charge on any atom is -0.465 e. The maximum atomic E-state index is 11.6. The number of anilines is 2. The molecular weight excluding hydrogens is 292 g/mol. The number of hydrogen-bond acceptors (Lipinski definition) is 7. The Bertz CT molecular complexity index is 670. The molecule has 0 radical (unpaired) electrons. The quantitative estimate of drug-likeness (QED) is 0.714. The molecule has 7 nitrogen and oxygen atoms in total. The van der Waals surface area contributed by atoms with Gasteiger partial charge in [-0.25, -0.2) is 4.79 Å². The smallest absolute Gasteiger partial charge is 0.350 e. The minimum atomic E-state index is -0.698. The molecule has 110 valence electrons. The molecule has 2 rings (SSSR count). The Hall–Kier alpha value is -2.61. The molecule has 0 fully saturated rings. The Morgan fingerprint density at radius 2 is 2.05 bits per heavy atom. The van der Waals surface area contributed by atoms with E-state index in [1.54, 1.807) is 12.4 Å². The largest absolute Gasteiger partial charge is 0.465 e. The van der Waals surface area contributed by atoms with E-state index >= 15 is 0 Å². The van der Waals surface area contributed by atoms with Crippen LogP contribution >= 0.6 is 11.3 Å². The summed E-state index contributed by atoms with van der Waals surface area (Å²) in [6.07, 6.45) is 3.32. The number of carbonyl (C=O) groups excluding carboxylic acids is 2. The molecule has 0 aliphatic heterocycles. The van der Waals surface area contributed by atoms with Gasteiger partial charge >= 0.3 is 5.97 Å². The zero-order valence-electron chi connectivity index (χ0n) is 11.3. The highest BCUT2D eigenvalue weighted by Crippen LogP contribution is 2.36. The lowest BCUT2D eigenvalue weighted by atomic mass is 10.2. The van der Waals surface area contributed by atoms with Crippen LogP contribution in [0.15, 0.2) is 24.5 Å². The number of nitrogens with two attached hydrogens (primary N) is 2. The second-order valence-electron chi connectivity index (χ2n) is 4.11. The average Bonchev–Trinajstić information content (AvgIpc) is 2.82. The first-order valence-corrected chi connectivity index (χ1v) is 6.79. The number of primary amides is 1. The number of methoxy groups -OCH3 is 1. The minimum absolute atomic E-state index is 0.0385. The lowest BCUT2D eigenvalue weighted by Gasteiger charge is -2.05. The van der Waals surface area contributed by atoms with Crippen molar-refractivity contribution in [3.63, 3.8) is 0 Å². The number of pyridine rings is 1. The third-order valence-corrected chi connectivity index (χ3v) is 3.91. The summed E-state index contributed by atoms with van der Waals surface area (Å²) in [6, 6.07) is 3.66. The summed E-state index contributed by atoms with van der Waals surface area (Å²) < 4.78 is 4.63. The SMILES string of the molecule is COC(=O)c1sc(NCc2ccncc2)c(C(N)=O)c1N. The van der Waals surface area contributed by atoms with E-state index in [2.05, 4.69) is 15.0 Å². The van der Waals surface area contributed by atoms with Gasteiger partial charge in [0.25, 0.3) is 5.91 Å². The fraction of sp³-hybridized carbons (Fsp3) is 0.154. The number of ether oxygens (including phenoxy) is 1. The van der Waals surface area contributed by atoms with Crippen molar-refractivity contribution in [3.8, 4) is 0 Å². The van der Waals surface area contributed by atoms with Gasteiger partial charge in [0.2, 0.25) is 0 Å². The molecule has 0 bridgehead atoms. The molecule has 2 aromatic heterocycles. The lowest BCUT2D eigenvalue weighted by molar-refractivity contribution is 0.0607. The topological polar surface area (TPSA) is 120 Å². The summed E-state index contributed by atoms with van der Waals surface area (Å²) >= 11 is 1.04. The van der Waals surface area contributed by atoms with Crippen LogP contribution < -0.4 is 16.8 Å². The van der Waals surface area contributed by atoms with Crippen molar-refractivity contribution >= 4 is 33.9 Å². The van der Waals surface area contributed by atoms with E-state index in [0.29, 0.717) is 11.5 Å². The monoisotopic (exact) mass is 306 g/mol. The van der Waals surface area contributed by atoms with Crippen molar-refractivity contribution in [2.75, 3.05) is 18.2 Å². The highest BCUT2D eigenvalue weighted by Gasteiger charge is 2.24. The highest BCUT2D eigenvalue weighted by atomic mass is 32.1. The van der Waals surface area contributed by atoms with Gasteiger partial charge in [0.05, 0.1) is 18.4 Å². The summed E-state index contributed by atoms with van der Waals surface area (Å²) in [5, 5.41) is 3.50. The van der Waals surface area contributed by atoms with Gasteiger partial charge in [-0.05, 0) is 17.7 Å². The van der Waals surface area contributed by atoms with Crippen molar-refractivity contribution < 1.29 is 14.3 Å². The summed E-state index contributed by atoms with van der Waals surface area (Å²) in [6.45, 7) is 0.448. The Kier molecular flexibility index (Phi) is 4.39. The van der Waals surface area contributed by atoms with Crippen molar-refractivity contribution in [1.29, 1.82) is 0 Å². The average molecular weight is 306 g/mol. The maximum Gasteiger partial charge on any atom is 0.350 e. The van der Waals surface area contributed by atoms with Gasteiger partial charge in [-0.15, -0.1) is 11.3 Å². The fourth-order valence-corrected chi connectivity index (χ4v) is 2.78. The number of nitrogens with zero attached hydrogens (tertiary/aromatic N) is 1. The number of thiophene rings is 1. The van der Waals surface area contributed by atoms with Crippen LogP contribution in [0.4, 0.5) is 10.7 Å². The summed E-state index contributed by atoms with van der Waals surface area (Å²) in [5.41, 5.74) is 12.2. The van der Waals surface area contributed by atoms with E-state index < -0.39 is 11.9 Å². The van der Waals surface area contributed by atoms with Crippen LogP contribution in [0, 0.1) is 0 Å². The molecule has 21 heavy (non-hydrogen) atoms. The van der Waals surface area contributed by atoms with E-state index in [4.69, 9.17) is 11.5 Å². The first-order chi connectivity index (χ1) is 10.0. The molecule has 0 atom stereocenters. The van der Waals surface area contributed by atoms with Gasteiger partial charge in [-0.1, -0.05) is 0 Å². The molecule has 0 aromatic carbocycles. The summed E-state index contributed by atoms with van der Waals surface area (Å²) in [4.78, 5) is 27.2. The fourth-order valence-electron chi connectivity index (χ4n) is 1.74. The molecular formula is C13H14N4O3S. The third-order valence-electron chi connectivity index (χ3n) is 2.76. The van der Waals surface area contributed by atoms with Gasteiger partial charge in [0, 0.05) is 18.9 Å². The molecule has 1 amide bonds. The van der Waals surface area contributed by atoms with Crippen molar-refractivity contribution in [1.82, 2.24) is 4.98 Å². The number of rotatable bonds is 5. The number of aromatic nitrogens is 1. The Morgan fingerprint density at radius 3 is 2.62 bits per heavy atom. The first kappa shape index (κ1) is 14.8. The molecule has 0 spiro atoms. The molecule has 0 saturated carbocycles. The number of carbonyl (C=O) groups is 2. The van der Waals surface area contributed by atoms with E-state index in [1.807, 2.05) is 12.1 Å². The predicted octanol–water partition coefficient (Wildman–Crippen LogP) is 1.22. The predicted molar refractivity (Wildman–Crippen MR) is 80.2 cm³/mol. The number of hydrogen-bond donors (Lipinski definition) is 3. The number of nitrogen functional groups attached to an aromatic ring is 1. The number of amides is 1. The van der Waals surface area contributed by atoms with Gasteiger partial charge in [-0.3, -0.25) is 9.78 Å². The number of nitrogens with one attached hydrogen (secondary N) is 1. The van der Waals surface area contributed by atoms with E-state index in [1.165, 1.54) is 7.11 Å². The second-order valence-corrected chi connectivity index (χ2v) is 5.13. The van der Waals surface area contributed by atoms with Gasteiger partial charge in [-0.2, -0.15) is 0 Å². The van der Waals surface area contributed by atoms with Crippen LogP contribution in [0.5, 0.6) is 0 Å². The molecule has 2 heterocycles. The van der Waals surface area contributed by atoms with Crippen molar-refractivity contribution in [2.45, 2.75) is 6.54 Å². The second kappa shape index (κ2) is 6.23. The van der Waals surface area contributed by atoms with Gasteiger partial charge in [0.15, 0.2) is 0 Å². The maximum absolute atomic E-state index is 11.6. The normalized spacial score (nSPS) is 10.1. The van der Waals surface area contributed by atoms with Gasteiger partial charge in [0.1, 0.15) is 9.88 Å². The summed E-state index contributed by atoms with van der Waals surface area (Å²) in [7, 11) is 1.25. The molecule has 2 aromatic rings. The zero-order valence-corrected chi connectivity index (χ0v) is 12.1. The van der Waals surface area contributed by atoms with Crippen LogP contribution in [0.1, 0.15) is 25.6 Å². The Morgan fingerprint density at radius 1 is 1.38 bits per heavy atom. The van der Waals surface area contributed by atoms with E-state index in [0.717, 1.165) is 16.9 Å². The van der Waals surface area contributed by atoms with Crippen LogP contribution in [0.25, 0.3) is 0 Å². The van der Waals surface area contributed by atoms with E-state index in [-0.39, 0.29) is 16.1 Å². The standard InChI is InChI=1S/C13H14N4O3S/c1-20-13(19)10-9(14)8(11(15)18)12(21-10)17-6-7-2-4-16-5-3-7/h2-5,17H,6,14H2,1H3,(H2,15,18). The van der Waals surface area contributed by atoms with Crippen molar-refractivity contribution in [2.24, 2.45) is 5.73 Å². The van der Waals surface area contributed by atoms with E-state index in [9.17, 15) is 9.59 Å². The van der Waals surface area contributed by atoms with Gasteiger partial charge < -0.3 is 21.5 Å². The molecule has 8 heteroatoms. The Balaban J connectivity index is 2.30. The molecule has 0 aliphatic carbocycles. The zero-order chi connectivity index (χ0) is 15.4. The molecule has 0 unspecified atom stereocenters. The van der Waals surface area contributed by atoms with Crippen LogP contribution in [0.3, 0.4) is 0 Å². The Labute approximate surface area is 124 Å². The first-order valence-electron chi connectivity index (χ1n) is 5.97. The highest BCUT2D eigenvalue weighted by molar-refractivity contribution is 7.19. The van der Waals surface area contributed by atoms with Crippen LogP contribution in [-0.4, -0.2) is 24.0 Å². The molecule has 0 aliphatic rings. The third kappa shape index (κ3) is 3.11. The van der Waals surface area contributed by atoms with Crippen molar-refractivity contribution in [3.05, 3.63) is 40.5 Å². The summed E-state index contributed by atoms with van der Waals surface area (Å²) in [5.74, 6) is -1.30. The molecule has 0 saturated heterocycles.